The van der Waals surface area contributed by atoms with Crippen molar-refractivity contribution in [3.05, 3.63) is 75.4 Å². The van der Waals surface area contributed by atoms with Crippen molar-refractivity contribution >= 4 is 23.2 Å². The first-order valence-electron chi connectivity index (χ1n) is 11.5. The van der Waals surface area contributed by atoms with Gasteiger partial charge in [-0.3, -0.25) is 9.59 Å². The molecule has 2 amide bonds. The van der Waals surface area contributed by atoms with E-state index in [4.69, 9.17) is 0 Å². The molecule has 1 aromatic heterocycles. The van der Waals surface area contributed by atoms with Gasteiger partial charge in [0.05, 0.1) is 15.9 Å². The van der Waals surface area contributed by atoms with Crippen molar-refractivity contribution in [2.45, 2.75) is 40.2 Å². The third kappa shape index (κ3) is 4.20. The van der Waals surface area contributed by atoms with Gasteiger partial charge in [-0.15, -0.1) is 11.3 Å². The number of aryl methyl sites for hydroxylation is 4. The third-order valence-electron chi connectivity index (χ3n) is 6.89. The number of carbonyl (C=O) groups excluding carboxylic acids is 2. The van der Waals surface area contributed by atoms with Gasteiger partial charge in [-0.05, 0) is 63.1 Å². The summed E-state index contributed by atoms with van der Waals surface area (Å²) in [6.45, 7) is 9.17. The number of hydrogen-bond acceptors (Lipinski definition) is 4. The molecule has 1 aliphatic carbocycles. The summed E-state index contributed by atoms with van der Waals surface area (Å²) in [5, 5.41) is 4.00. The predicted octanol–water partition coefficient (Wildman–Crippen LogP) is 4.93. The minimum Gasteiger partial charge on any atom is -0.350 e. The Labute approximate surface area is 198 Å². The molecule has 3 atom stereocenters. The molecule has 0 bridgehead atoms. The molecule has 2 fully saturated rings. The minimum absolute atomic E-state index is 0.0175. The van der Waals surface area contributed by atoms with Gasteiger partial charge in [0.2, 0.25) is 0 Å². The van der Waals surface area contributed by atoms with Crippen LogP contribution in [0.25, 0.3) is 10.4 Å². The van der Waals surface area contributed by atoms with Crippen LogP contribution in [0.2, 0.25) is 0 Å². The fourth-order valence-corrected chi connectivity index (χ4v) is 5.94. The van der Waals surface area contributed by atoms with Crippen LogP contribution >= 0.6 is 11.3 Å². The molecule has 5 rings (SSSR count). The Morgan fingerprint density at radius 2 is 1.88 bits per heavy atom. The molecule has 0 radical (unpaired) electrons. The summed E-state index contributed by atoms with van der Waals surface area (Å²) in [5.74, 6) is 0.917. The van der Waals surface area contributed by atoms with Crippen molar-refractivity contribution < 1.29 is 9.59 Å². The Morgan fingerprint density at radius 3 is 2.67 bits per heavy atom. The van der Waals surface area contributed by atoms with Crippen LogP contribution in [0.3, 0.4) is 0 Å². The van der Waals surface area contributed by atoms with Crippen molar-refractivity contribution in [3.8, 4) is 10.4 Å². The van der Waals surface area contributed by atoms with E-state index in [0.717, 1.165) is 45.1 Å². The maximum Gasteiger partial charge on any atom is 0.274 e. The molecule has 6 heteroatoms. The zero-order valence-electron chi connectivity index (χ0n) is 19.5. The van der Waals surface area contributed by atoms with Crippen molar-refractivity contribution in [3.63, 3.8) is 0 Å². The van der Waals surface area contributed by atoms with Gasteiger partial charge < -0.3 is 10.2 Å². The van der Waals surface area contributed by atoms with Gasteiger partial charge in [0.1, 0.15) is 5.69 Å². The largest absolute Gasteiger partial charge is 0.350 e. The van der Waals surface area contributed by atoms with Crippen LogP contribution in [0.15, 0.2) is 42.5 Å². The fourth-order valence-electron chi connectivity index (χ4n) is 5.03. The first kappa shape index (κ1) is 21.8. The van der Waals surface area contributed by atoms with Crippen LogP contribution in [-0.2, 0) is 0 Å². The van der Waals surface area contributed by atoms with E-state index in [1.807, 2.05) is 56.0 Å². The molecule has 5 nitrogen and oxygen atoms in total. The number of piperidine rings is 1. The van der Waals surface area contributed by atoms with E-state index in [0.29, 0.717) is 29.6 Å². The average Bonchev–Trinajstić information content (AvgIpc) is 3.30. The first-order valence-corrected chi connectivity index (χ1v) is 12.3. The Hall–Kier alpha value is -2.99. The standard InChI is InChI=1S/C27H29N3O2S/c1-15-6-5-7-19(10-15)25-24(29-18(4)33-25)27(32)30-14-20-12-22(20)23(30)13-28-26(31)21-11-16(2)8-9-17(21)3/h5-11,20,22-23H,12-14H2,1-4H3,(H,28,31)/t20-,22?,23-/m1/s1. The summed E-state index contributed by atoms with van der Waals surface area (Å²) in [4.78, 5) is 34.1. The van der Waals surface area contributed by atoms with Gasteiger partial charge in [-0.25, -0.2) is 4.98 Å². The number of aromatic nitrogens is 1. The molecule has 2 heterocycles. The van der Waals surface area contributed by atoms with Gasteiger partial charge in [-0.1, -0.05) is 47.5 Å². The van der Waals surface area contributed by atoms with Gasteiger partial charge in [0, 0.05) is 18.7 Å². The van der Waals surface area contributed by atoms with Crippen molar-refractivity contribution in [1.29, 1.82) is 0 Å². The molecule has 170 valence electrons. The molecule has 33 heavy (non-hydrogen) atoms. The molecular weight excluding hydrogens is 430 g/mol. The highest BCUT2D eigenvalue weighted by molar-refractivity contribution is 7.15. The van der Waals surface area contributed by atoms with Gasteiger partial charge in [-0.2, -0.15) is 0 Å². The van der Waals surface area contributed by atoms with E-state index < -0.39 is 0 Å². The quantitative estimate of drug-likeness (QED) is 0.588. The average molecular weight is 460 g/mol. The van der Waals surface area contributed by atoms with Crippen LogP contribution in [0, 0.1) is 39.5 Å². The second-order valence-corrected chi connectivity index (χ2v) is 10.7. The van der Waals surface area contributed by atoms with Crippen LogP contribution in [0.5, 0.6) is 0 Å². The number of rotatable bonds is 5. The van der Waals surface area contributed by atoms with Crippen molar-refractivity contribution in [2.75, 3.05) is 13.1 Å². The lowest BCUT2D eigenvalue weighted by molar-refractivity contribution is 0.0690. The molecule has 1 aliphatic heterocycles. The smallest absolute Gasteiger partial charge is 0.274 e. The van der Waals surface area contributed by atoms with E-state index in [1.165, 1.54) is 0 Å². The number of nitrogens with one attached hydrogen (secondary N) is 1. The minimum atomic E-state index is -0.0716. The van der Waals surface area contributed by atoms with Crippen LogP contribution in [-0.4, -0.2) is 40.8 Å². The van der Waals surface area contributed by atoms with Crippen molar-refractivity contribution in [2.24, 2.45) is 11.8 Å². The second-order valence-electron chi connectivity index (χ2n) is 9.49. The number of carbonyl (C=O) groups is 2. The summed E-state index contributed by atoms with van der Waals surface area (Å²) in [6, 6.07) is 14.2. The van der Waals surface area contributed by atoms with Crippen LogP contribution in [0.4, 0.5) is 0 Å². The lowest BCUT2D eigenvalue weighted by atomic mass is 10.0. The maximum absolute atomic E-state index is 13.7. The summed E-state index contributed by atoms with van der Waals surface area (Å²) >= 11 is 1.57. The SMILES string of the molecule is Cc1cccc(-c2sc(C)nc2C(=O)N2C[C@H]3CC3[C@H]2CNC(=O)c2cc(C)ccc2C)c1. The Balaban J connectivity index is 1.36. The van der Waals surface area contributed by atoms with Gasteiger partial charge >= 0.3 is 0 Å². The number of thiazole rings is 1. The first-order chi connectivity index (χ1) is 15.8. The van der Waals surface area contributed by atoms with E-state index in [9.17, 15) is 9.59 Å². The number of nitrogens with zero attached hydrogens (tertiary/aromatic N) is 2. The molecule has 1 N–H and O–H groups in total. The highest BCUT2D eigenvalue weighted by Crippen LogP contribution is 2.50. The topological polar surface area (TPSA) is 62.3 Å². The van der Waals surface area contributed by atoms with E-state index >= 15 is 0 Å². The maximum atomic E-state index is 13.7. The Morgan fingerprint density at radius 1 is 1.09 bits per heavy atom. The molecule has 1 saturated carbocycles. The van der Waals surface area contributed by atoms with Gasteiger partial charge in [0.25, 0.3) is 11.8 Å². The molecule has 1 unspecified atom stereocenters. The van der Waals surface area contributed by atoms with E-state index in [1.54, 1.807) is 11.3 Å². The lowest BCUT2D eigenvalue weighted by Crippen LogP contribution is -2.45. The zero-order chi connectivity index (χ0) is 23.3. The molecule has 3 aromatic rings. The molecule has 2 aliphatic rings. The lowest BCUT2D eigenvalue weighted by Gasteiger charge is -2.27. The van der Waals surface area contributed by atoms with E-state index in [-0.39, 0.29) is 17.9 Å². The highest BCUT2D eigenvalue weighted by atomic mass is 32.1. The Bertz CT molecular complexity index is 1250. The molecular formula is C27H29N3O2S. The van der Waals surface area contributed by atoms with Crippen molar-refractivity contribution in [1.82, 2.24) is 15.2 Å². The predicted molar refractivity (Wildman–Crippen MR) is 132 cm³/mol. The number of benzene rings is 2. The number of hydrogen-bond donors (Lipinski definition) is 1. The Kier molecular flexibility index (Phi) is 5.57. The third-order valence-corrected chi connectivity index (χ3v) is 7.91. The molecule has 1 saturated heterocycles. The number of likely N-dealkylation sites (tertiary alicyclic amines) is 1. The zero-order valence-corrected chi connectivity index (χ0v) is 20.3. The number of amides is 2. The summed E-state index contributed by atoms with van der Waals surface area (Å²) in [6.07, 6.45) is 1.13. The molecule has 0 spiro atoms. The fraction of sp³-hybridized carbons (Fsp3) is 0.370. The van der Waals surface area contributed by atoms with Crippen LogP contribution < -0.4 is 5.32 Å². The van der Waals surface area contributed by atoms with Gasteiger partial charge in [0.15, 0.2) is 0 Å². The van der Waals surface area contributed by atoms with Crippen LogP contribution in [0.1, 0.15) is 49.0 Å². The normalized spacial score (nSPS) is 21.1. The van der Waals surface area contributed by atoms with E-state index in [2.05, 4.69) is 29.4 Å². The molecule has 2 aromatic carbocycles. The number of fused-ring (bicyclic) bond motifs is 1. The highest BCUT2D eigenvalue weighted by Gasteiger charge is 2.54. The summed E-state index contributed by atoms with van der Waals surface area (Å²) < 4.78 is 0. The summed E-state index contributed by atoms with van der Waals surface area (Å²) in [7, 11) is 0. The monoisotopic (exact) mass is 459 g/mol. The summed E-state index contributed by atoms with van der Waals surface area (Å²) in [5.41, 5.74) is 5.46. The second kappa shape index (κ2) is 8.41.